The number of nitrogens with zero attached hydrogens (tertiary/aromatic N) is 2. The van der Waals surface area contributed by atoms with Gasteiger partial charge in [0.05, 0.1) is 17.8 Å². The maximum absolute atomic E-state index is 12.1. The van der Waals surface area contributed by atoms with Crippen molar-refractivity contribution in [1.29, 1.82) is 0 Å². The van der Waals surface area contributed by atoms with Crippen LogP contribution in [0.3, 0.4) is 0 Å². The summed E-state index contributed by atoms with van der Waals surface area (Å²) in [5.41, 5.74) is 1.86. The van der Waals surface area contributed by atoms with E-state index in [2.05, 4.69) is 17.2 Å². The molecule has 0 bridgehead atoms. The van der Waals surface area contributed by atoms with E-state index >= 15 is 0 Å². The highest BCUT2D eigenvalue weighted by molar-refractivity contribution is 5.78. The van der Waals surface area contributed by atoms with Gasteiger partial charge in [0, 0.05) is 18.5 Å². The summed E-state index contributed by atoms with van der Waals surface area (Å²) in [7, 11) is 1.80. The minimum absolute atomic E-state index is 0.0501. The van der Waals surface area contributed by atoms with Crippen LogP contribution in [0.2, 0.25) is 0 Å². The average Bonchev–Trinajstić information content (AvgIpc) is 2.47. The zero-order valence-electron chi connectivity index (χ0n) is 13.0. The summed E-state index contributed by atoms with van der Waals surface area (Å²) in [5.74, 6) is 0. The molecular weight excluding hydrogens is 262 g/mol. The van der Waals surface area contributed by atoms with Crippen molar-refractivity contribution in [3.8, 4) is 0 Å². The molecule has 1 N–H and O–H groups in total. The second kappa shape index (κ2) is 7.07. The van der Waals surface area contributed by atoms with Crippen molar-refractivity contribution in [2.45, 2.75) is 39.3 Å². The van der Waals surface area contributed by atoms with Crippen molar-refractivity contribution < 1.29 is 4.79 Å². The Balaban J connectivity index is 2.00. The Morgan fingerprint density at radius 3 is 2.81 bits per heavy atom. The molecule has 0 unspecified atom stereocenters. The molecular formula is C17H23N3O. The van der Waals surface area contributed by atoms with E-state index in [0.29, 0.717) is 6.54 Å². The van der Waals surface area contributed by atoms with Crippen molar-refractivity contribution in [3.63, 3.8) is 0 Å². The van der Waals surface area contributed by atoms with Gasteiger partial charge in [-0.15, -0.1) is 0 Å². The van der Waals surface area contributed by atoms with Crippen LogP contribution in [0.1, 0.15) is 32.4 Å². The molecule has 1 aromatic heterocycles. The van der Waals surface area contributed by atoms with Crippen LogP contribution >= 0.6 is 0 Å². The third-order valence-corrected chi connectivity index (χ3v) is 3.49. The SMILES string of the molecule is CCC[C@@H](C)NC(=O)N(C)Cc1ccc2ccccc2n1. The molecule has 4 nitrogen and oxygen atoms in total. The van der Waals surface area contributed by atoms with Gasteiger partial charge in [-0.1, -0.05) is 37.6 Å². The highest BCUT2D eigenvalue weighted by Crippen LogP contribution is 2.12. The number of hydrogen-bond donors (Lipinski definition) is 1. The van der Waals surface area contributed by atoms with E-state index in [1.807, 2.05) is 43.3 Å². The Morgan fingerprint density at radius 1 is 1.29 bits per heavy atom. The minimum Gasteiger partial charge on any atom is -0.336 e. The third kappa shape index (κ3) is 4.18. The Hall–Kier alpha value is -2.10. The van der Waals surface area contributed by atoms with E-state index in [-0.39, 0.29) is 12.1 Å². The fraction of sp³-hybridized carbons (Fsp3) is 0.412. The molecule has 0 radical (unpaired) electrons. The van der Waals surface area contributed by atoms with Gasteiger partial charge in [0.25, 0.3) is 0 Å². The predicted molar refractivity (Wildman–Crippen MR) is 86.1 cm³/mol. The van der Waals surface area contributed by atoms with Crippen LogP contribution < -0.4 is 5.32 Å². The highest BCUT2D eigenvalue weighted by Gasteiger charge is 2.12. The number of amides is 2. The summed E-state index contributed by atoms with van der Waals surface area (Å²) < 4.78 is 0. The van der Waals surface area contributed by atoms with E-state index in [9.17, 15) is 4.79 Å². The van der Waals surface area contributed by atoms with Crippen LogP contribution in [-0.4, -0.2) is 29.0 Å². The number of aromatic nitrogens is 1. The molecule has 0 aliphatic heterocycles. The lowest BCUT2D eigenvalue weighted by Crippen LogP contribution is -2.41. The molecule has 1 aromatic carbocycles. The van der Waals surface area contributed by atoms with Crippen molar-refractivity contribution in [2.75, 3.05) is 7.05 Å². The summed E-state index contributed by atoms with van der Waals surface area (Å²) in [6.45, 7) is 4.66. The molecule has 0 aliphatic carbocycles. The van der Waals surface area contributed by atoms with E-state index in [4.69, 9.17) is 0 Å². The van der Waals surface area contributed by atoms with Crippen molar-refractivity contribution in [1.82, 2.24) is 15.2 Å². The van der Waals surface area contributed by atoms with Gasteiger partial charge >= 0.3 is 6.03 Å². The summed E-state index contributed by atoms with van der Waals surface area (Å²) in [4.78, 5) is 18.3. The van der Waals surface area contributed by atoms with Gasteiger partial charge in [-0.3, -0.25) is 4.98 Å². The molecule has 1 heterocycles. The maximum Gasteiger partial charge on any atom is 0.317 e. The number of carbonyl (C=O) groups excluding carboxylic acids is 1. The number of urea groups is 1. The van der Waals surface area contributed by atoms with Gasteiger partial charge in [0.1, 0.15) is 0 Å². The summed E-state index contributed by atoms with van der Waals surface area (Å²) in [5, 5.41) is 4.11. The molecule has 21 heavy (non-hydrogen) atoms. The molecule has 0 fully saturated rings. The van der Waals surface area contributed by atoms with E-state index in [1.54, 1.807) is 11.9 Å². The normalized spacial score (nSPS) is 12.1. The molecule has 0 spiro atoms. The number of hydrogen-bond acceptors (Lipinski definition) is 2. The largest absolute Gasteiger partial charge is 0.336 e. The first-order valence-corrected chi connectivity index (χ1v) is 7.46. The van der Waals surface area contributed by atoms with Crippen LogP contribution in [0.25, 0.3) is 10.9 Å². The Labute approximate surface area is 126 Å². The van der Waals surface area contributed by atoms with Crippen LogP contribution in [0, 0.1) is 0 Å². The average molecular weight is 285 g/mol. The molecule has 112 valence electrons. The van der Waals surface area contributed by atoms with Crippen LogP contribution in [0.15, 0.2) is 36.4 Å². The fourth-order valence-corrected chi connectivity index (χ4v) is 2.34. The predicted octanol–water partition coefficient (Wildman–Crippen LogP) is 3.56. The van der Waals surface area contributed by atoms with Crippen LogP contribution in [0.5, 0.6) is 0 Å². The number of fused-ring (bicyclic) bond motifs is 1. The van der Waals surface area contributed by atoms with Crippen molar-refractivity contribution in [3.05, 3.63) is 42.1 Å². The summed E-state index contributed by atoms with van der Waals surface area (Å²) in [6.07, 6.45) is 2.06. The van der Waals surface area contributed by atoms with Crippen molar-refractivity contribution >= 4 is 16.9 Å². The Kier molecular flexibility index (Phi) is 5.14. The lowest BCUT2D eigenvalue weighted by atomic mass is 10.2. The number of para-hydroxylation sites is 1. The van der Waals surface area contributed by atoms with Crippen molar-refractivity contribution in [2.24, 2.45) is 0 Å². The minimum atomic E-state index is -0.0501. The molecule has 0 saturated heterocycles. The first-order valence-electron chi connectivity index (χ1n) is 7.46. The molecule has 1 atom stereocenters. The van der Waals surface area contributed by atoms with Gasteiger partial charge in [-0.2, -0.15) is 0 Å². The summed E-state index contributed by atoms with van der Waals surface area (Å²) >= 11 is 0. The monoisotopic (exact) mass is 285 g/mol. The van der Waals surface area contributed by atoms with Gasteiger partial charge in [0.2, 0.25) is 0 Å². The van der Waals surface area contributed by atoms with E-state index in [0.717, 1.165) is 29.4 Å². The number of carbonyl (C=O) groups is 1. The molecule has 2 amide bonds. The number of rotatable bonds is 5. The first-order chi connectivity index (χ1) is 10.1. The Morgan fingerprint density at radius 2 is 2.05 bits per heavy atom. The quantitative estimate of drug-likeness (QED) is 0.913. The smallest absolute Gasteiger partial charge is 0.317 e. The zero-order valence-corrected chi connectivity index (χ0v) is 13.0. The number of benzene rings is 1. The van der Waals surface area contributed by atoms with E-state index in [1.165, 1.54) is 0 Å². The Bertz CT molecular complexity index is 612. The zero-order chi connectivity index (χ0) is 15.2. The topological polar surface area (TPSA) is 45.2 Å². The van der Waals surface area contributed by atoms with Gasteiger partial charge in [0.15, 0.2) is 0 Å². The maximum atomic E-state index is 12.1. The second-order valence-electron chi connectivity index (χ2n) is 5.49. The third-order valence-electron chi connectivity index (χ3n) is 3.49. The van der Waals surface area contributed by atoms with E-state index < -0.39 is 0 Å². The second-order valence-corrected chi connectivity index (χ2v) is 5.49. The van der Waals surface area contributed by atoms with Gasteiger partial charge in [-0.05, 0) is 25.5 Å². The summed E-state index contributed by atoms with van der Waals surface area (Å²) in [6, 6.07) is 12.2. The van der Waals surface area contributed by atoms with Crippen LogP contribution in [0.4, 0.5) is 4.79 Å². The van der Waals surface area contributed by atoms with Crippen LogP contribution in [-0.2, 0) is 6.54 Å². The molecule has 2 rings (SSSR count). The fourth-order valence-electron chi connectivity index (χ4n) is 2.34. The standard InChI is InChI=1S/C17H23N3O/c1-4-7-13(2)18-17(21)20(3)12-15-11-10-14-8-5-6-9-16(14)19-15/h5-6,8-11,13H,4,7,12H2,1-3H3,(H,18,21)/t13-/m1/s1. The molecule has 0 saturated carbocycles. The molecule has 4 heteroatoms. The highest BCUT2D eigenvalue weighted by atomic mass is 16.2. The first kappa shape index (κ1) is 15.3. The number of pyridine rings is 1. The van der Waals surface area contributed by atoms with Gasteiger partial charge in [-0.25, -0.2) is 4.79 Å². The molecule has 2 aromatic rings. The lowest BCUT2D eigenvalue weighted by Gasteiger charge is -2.21. The lowest BCUT2D eigenvalue weighted by molar-refractivity contribution is 0.202. The number of nitrogens with one attached hydrogen (secondary N) is 1. The molecule has 0 aliphatic rings. The van der Waals surface area contributed by atoms with Gasteiger partial charge < -0.3 is 10.2 Å².